The first-order valence-corrected chi connectivity index (χ1v) is 9.50. The van der Waals surface area contributed by atoms with Gasteiger partial charge in [-0.05, 0) is 29.8 Å². The molecule has 8 heteroatoms. The molecule has 8 nitrogen and oxygen atoms in total. The summed E-state index contributed by atoms with van der Waals surface area (Å²) in [6.07, 6.45) is 1.77. The number of rotatable bonds is 8. The number of hydrogen-bond acceptors (Lipinski definition) is 6. The Kier molecular flexibility index (Phi) is 7.02. The van der Waals surface area contributed by atoms with Crippen LogP contribution in [0.3, 0.4) is 0 Å². The van der Waals surface area contributed by atoms with E-state index in [1.54, 1.807) is 20.4 Å². The largest absolute Gasteiger partial charge is 0.493 e. The fourth-order valence-electron chi connectivity index (χ4n) is 3.33. The first-order chi connectivity index (χ1) is 14.1. The van der Waals surface area contributed by atoms with Gasteiger partial charge in [-0.3, -0.25) is 19.5 Å². The van der Waals surface area contributed by atoms with E-state index in [-0.39, 0.29) is 18.2 Å². The normalized spacial score (nSPS) is 16.8. The summed E-state index contributed by atoms with van der Waals surface area (Å²) in [5.74, 6) is 0.967. The summed E-state index contributed by atoms with van der Waals surface area (Å²) in [5, 5.41) is 5.69. The molecule has 1 aliphatic heterocycles. The predicted molar refractivity (Wildman–Crippen MR) is 107 cm³/mol. The number of piperazine rings is 1. The summed E-state index contributed by atoms with van der Waals surface area (Å²) in [6, 6.07) is 10.7. The number of methoxy groups -OCH3 is 2. The summed E-state index contributed by atoms with van der Waals surface area (Å²) >= 11 is 0. The zero-order chi connectivity index (χ0) is 20.6. The van der Waals surface area contributed by atoms with Crippen LogP contribution in [0.1, 0.15) is 17.7 Å². The minimum absolute atomic E-state index is 0.0892. The highest BCUT2D eigenvalue weighted by Gasteiger charge is 2.31. The van der Waals surface area contributed by atoms with Crippen molar-refractivity contribution >= 4 is 11.8 Å². The topological polar surface area (TPSA) is 92.8 Å². The Bertz CT molecular complexity index is 844. The van der Waals surface area contributed by atoms with Crippen LogP contribution in [0.2, 0.25) is 0 Å². The van der Waals surface area contributed by atoms with E-state index in [1.807, 2.05) is 41.3 Å². The van der Waals surface area contributed by atoms with E-state index in [9.17, 15) is 9.59 Å². The van der Waals surface area contributed by atoms with Crippen LogP contribution >= 0.6 is 0 Å². The van der Waals surface area contributed by atoms with Crippen LogP contribution in [-0.4, -0.2) is 55.0 Å². The minimum atomic E-state index is -0.527. The summed E-state index contributed by atoms with van der Waals surface area (Å²) in [6.45, 7) is 2.09. The SMILES string of the molecule is COc1ccc(CN2CCNC(=O)C2CC(=O)NCc2ccccn2)cc1OC. The second kappa shape index (κ2) is 9.88. The lowest BCUT2D eigenvalue weighted by Gasteiger charge is -2.34. The van der Waals surface area contributed by atoms with Gasteiger partial charge >= 0.3 is 0 Å². The van der Waals surface area contributed by atoms with E-state index in [1.165, 1.54) is 0 Å². The van der Waals surface area contributed by atoms with Gasteiger partial charge in [0.15, 0.2) is 11.5 Å². The zero-order valence-electron chi connectivity index (χ0n) is 16.7. The van der Waals surface area contributed by atoms with Crippen LogP contribution in [-0.2, 0) is 22.7 Å². The Morgan fingerprint density at radius 1 is 1.24 bits per heavy atom. The second-order valence-corrected chi connectivity index (χ2v) is 6.77. The van der Waals surface area contributed by atoms with Crippen LogP contribution in [0.25, 0.3) is 0 Å². The van der Waals surface area contributed by atoms with Crippen molar-refractivity contribution in [2.24, 2.45) is 0 Å². The summed E-state index contributed by atoms with van der Waals surface area (Å²) in [7, 11) is 3.18. The molecule has 0 spiro atoms. The molecule has 1 aromatic heterocycles. The van der Waals surface area contributed by atoms with E-state index in [0.29, 0.717) is 37.7 Å². The molecule has 1 aromatic carbocycles. The van der Waals surface area contributed by atoms with Gasteiger partial charge in [0.25, 0.3) is 0 Å². The maximum atomic E-state index is 12.4. The van der Waals surface area contributed by atoms with Crippen molar-refractivity contribution in [3.8, 4) is 11.5 Å². The van der Waals surface area contributed by atoms with Gasteiger partial charge in [-0.1, -0.05) is 12.1 Å². The number of nitrogens with zero attached hydrogens (tertiary/aromatic N) is 2. The zero-order valence-corrected chi connectivity index (χ0v) is 16.7. The molecule has 0 saturated carbocycles. The first kappa shape index (κ1) is 20.6. The van der Waals surface area contributed by atoms with Gasteiger partial charge in [-0.2, -0.15) is 0 Å². The lowest BCUT2D eigenvalue weighted by atomic mass is 10.1. The van der Waals surface area contributed by atoms with Crippen molar-refractivity contribution in [3.63, 3.8) is 0 Å². The number of pyridine rings is 1. The van der Waals surface area contributed by atoms with Crippen molar-refractivity contribution in [2.45, 2.75) is 25.6 Å². The number of benzene rings is 1. The molecule has 1 fully saturated rings. The van der Waals surface area contributed by atoms with E-state index >= 15 is 0 Å². The van der Waals surface area contributed by atoms with Crippen molar-refractivity contribution in [1.82, 2.24) is 20.5 Å². The second-order valence-electron chi connectivity index (χ2n) is 6.77. The predicted octanol–water partition coefficient (Wildman–Crippen LogP) is 1.11. The number of amides is 2. The van der Waals surface area contributed by atoms with Crippen LogP contribution in [0.5, 0.6) is 11.5 Å². The molecule has 1 atom stereocenters. The lowest BCUT2D eigenvalue weighted by molar-refractivity contribution is -0.134. The third-order valence-electron chi connectivity index (χ3n) is 4.85. The quantitative estimate of drug-likeness (QED) is 0.692. The average molecular weight is 398 g/mol. The smallest absolute Gasteiger partial charge is 0.237 e. The molecule has 1 unspecified atom stereocenters. The van der Waals surface area contributed by atoms with E-state index in [0.717, 1.165) is 11.3 Å². The Morgan fingerprint density at radius 2 is 2.07 bits per heavy atom. The highest BCUT2D eigenvalue weighted by Crippen LogP contribution is 2.28. The molecule has 2 amide bonds. The van der Waals surface area contributed by atoms with Crippen LogP contribution in [0.4, 0.5) is 0 Å². The molecule has 1 saturated heterocycles. The molecule has 0 radical (unpaired) electrons. The van der Waals surface area contributed by atoms with Crippen LogP contribution in [0.15, 0.2) is 42.6 Å². The van der Waals surface area contributed by atoms with Crippen molar-refractivity contribution < 1.29 is 19.1 Å². The van der Waals surface area contributed by atoms with Crippen molar-refractivity contribution in [2.75, 3.05) is 27.3 Å². The van der Waals surface area contributed by atoms with Gasteiger partial charge < -0.3 is 20.1 Å². The molecule has 1 aliphatic rings. The van der Waals surface area contributed by atoms with Gasteiger partial charge in [0.1, 0.15) is 0 Å². The molecule has 2 heterocycles. The Hall–Kier alpha value is -3.13. The monoisotopic (exact) mass is 398 g/mol. The minimum Gasteiger partial charge on any atom is -0.493 e. The number of carbonyl (C=O) groups excluding carboxylic acids is 2. The Morgan fingerprint density at radius 3 is 2.79 bits per heavy atom. The molecule has 154 valence electrons. The number of carbonyl (C=O) groups is 2. The molecule has 2 aromatic rings. The summed E-state index contributed by atoms with van der Waals surface area (Å²) < 4.78 is 10.6. The van der Waals surface area contributed by atoms with Crippen molar-refractivity contribution in [1.29, 1.82) is 0 Å². The molecule has 29 heavy (non-hydrogen) atoms. The highest BCUT2D eigenvalue weighted by molar-refractivity contribution is 5.88. The van der Waals surface area contributed by atoms with Gasteiger partial charge in [0.05, 0.1) is 38.9 Å². The van der Waals surface area contributed by atoms with Gasteiger partial charge in [0, 0.05) is 25.8 Å². The Labute approximate surface area is 170 Å². The highest BCUT2D eigenvalue weighted by atomic mass is 16.5. The molecule has 3 rings (SSSR count). The lowest BCUT2D eigenvalue weighted by Crippen LogP contribution is -2.56. The number of ether oxygens (including phenoxy) is 2. The fourth-order valence-corrected chi connectivity index (χ4v) is 3.33. The van der Waals surface area contributed by atoms with Crippen LogP contribution < -0.4 is 20.1 Å². The fraction of sp³-hybridized carbons (Fsp3) is 0.381. The molecule has 0 aliphatic carbocycles. The number of aromatic nitrogens is 1. The molecular formula is C21H26N4O4. The summed E-state index contributed by atoms with van der Waals surface area (Å²) in [4.78, 5) is 31.1. The molecule has 2 N–H and O–H groups in total. The third-order valence-corrected chi connectivity index (χ3v) is 4.85. The maximum Gasteiger partial charge on any atom is 0.237 e. The maximum absolute atomic E-state index is 12.4. The van der Waals surface area contributed by atoms with Gasteiger partial charge in [-0.25, -0.2) is 0 Å². The first-order valence-electron chi connectivity index (χ1n) is 9.50. The van der Waals surface area contributed by atoms with Gasteiger partial charge in [-0.15, -0.1) is 0 Å². The van der Waals surface area contributed by atoms with E-state index < -0.39 is 6.04 Å². The average Bonchev–Trinajstić information content (AvgIpc) is 2.75. The summed E-state index contributed by atoms with van der Waals surface area (Å²) in [5.41, 5.74) is 1.76. The Balaban J connectivity index is 1.64. The van der Waals surface area contributed by atoms with E-state index in [2.05, 4.69) is 15.6 Å². The molecule has 0 bridgehead atoms. The molecular weight excluding hydrogens is 372 g/mol. The third kappa shape index (κ3) is 5.45. The van der Waals surface area contributed by atoms with Gasteiger partial charge in [0.2, 0.25) is 11.8 Å². The van der Waals surface area contributed by atoms with E-state index in [4.69, 9.17) is 9.47 Å². The van der Waals surface area contributed by atoms with Crippen molar-refractivity contribution in [3.05, 3.63) is 53.9 Å². The number of nitrogens with one attached hydrogen (secondary N) is 2. The number of hydrogen-bond donors (Lipinski definition) is 2. The standard InChI is InChI=1S/C21H26N4O4/c1-28-18-7-6-15(11-19(18)29-2)14-25-10-9-23-21(27)17(25)12-20(26)24-13-16-5-3-4-8-22-16/h3-8,11,17H,9-10,12-14H2,1-2H3,(H,23,27)(H,24,26). The van der Waals surface area contributed by atoms with Crippen LogP contribution in [0, 0.1) is 0 Å².